The number of amides is 1. The largest absolute Gasteiger partial charge is 0.366 e. The van der Waals surface area contributed by atoms with E-state index in [0.29, 0.717) is 5.56 Å². The molecule has 1 aromatic heterocycles. The predicted octanol–water partition coefficient (Wildman–Crippen LogP) is 4.13. The van der Waals surface area contributed by atoms with Crippen LogP contribution in [0.15, 0.2) is 60.9 Å². The third-order valence-electron chi connectivity index (χ3n) is 4.20. The van der Waals surface area contributed by atoms with Crippen LogP contribution in [0.5, 0.6) is 0 Å². The van der Waals surface area contributed by atoms with E-state index >= 15 is 0 Å². The van der Waals surface area contributed by atoms with Gasteiger partial charge in [-0.3, -0.25) is 9.78 Å². The Balaban J connectivity index is 2.31. The van der Waals surface area contributed by atoms with Crippen molar-refractivity contribution in [1.82, 2.24) is 4.98 Å². The number of aromatic nitrogens is 1. The Hall–Kier alpha value is -2.94. The van der Waals surface area contributed by atoms with E-state index in [2.05, 4.69) is 24.9 Å². The predicted molar refractivity (Wildman–Crippen MR) is 93.1 cm³/mol. The second-order valence-corrected chi connectivity index (χ2v) is 5.58. The van der Waals surface area contributed by atoms with Crippen molar-refractivity contribution in [2.75, 3.05) is 0 Å². The summed E-state index contributed by atoms with van der Waals surface area (Å²) in [5.74, 6) is -0.423. The number of aryl methyl sites for hydroxylation is 1. The summed E-state index contributed by atoms with van der Waals surface area (Å²) in [6.07, 6.45) is 3.43. The van der Waals surface area contributed by atoms with Gasteiger partial charge in [0.1, 0.15) is 0 Å². The number of carbonyl (C=O) groups is 1. The minimum Gasteiger partial charge on any atom is -0.366 e. The van der Waals surface area contributed by atoms with Crippen LogP contribution in [-0.2, 0) is 0 Å². The Labute approximate surface area is 135 Å². The van der Waals surface area contributed by atoms with Gasteiger partial charge >= 0.3 is 0 Å². The van der Waals surface area contributed by atoms with Gasteiger partial charge in [0.2, 0.25) is 5.91 Å². The lowest BCUT2D eigenvalue weighted by molar-refractivity contribution is 0.100. The van der Waals surface area contributed by atoms with Crippen molar-refractivity contribution in [3.05, 3.63) is 77.6 Å². The average molecular weight is 302 g/mol. The van der Waals surface area contributed by atoms with Gasteiger partial charge in [-0.25, -0.2) is 0 Å². The van der Waals surface area contributed by atoms with Crippen molar-refractivity contribution in [2.24, 2.45) is 5.73 Å². The Morgan fingerprint density at radius 3 is 2.17 bits per heavy atom. The highest BCUT2D eigenvalue weighted by molar-refractivity contribution is 6.06. The molecule has 0 saturated heterocycles. The fraction of sp³-hybridized carbons (Fsp3) is 0.100. The lowest BCUT2D eigenvalue weighted by Gasteiger charge is -2.15. The minimum atomic E-state index is -0.423. The fourth-order valence-corrected chi connectivity index (χ4v) is 2.86. The maximum absolute atomic E-state index is 12.2. The van der Waals surface area contributed by atoms with E-state index in [-0.39, 0.29) is 0 Å². The number of carbonyl (C=O) groups excluding carboxylic acids is 1. The molecule has 0 fully saturated rings. The SMILES string of the molecule is Cc1cccc(-c2cccc(-c3ccncc3)c2C(N)=O)c1C. The molecule has 3 aromatic rings. The standard InChI is InChI=1S/C20H18N2O/c1-13-5-3-6-16(14(13)2)18-8-4-7-17(19(18)20(21)23)15-9-11-22-12-10-15/h3-12H,1-2H3,(H2,21,23). The van der Waals surface area contributed by atoms with E-state index in [4.69, 9.17) is 5.73 Å². The molecule has 0 saturated carbocycles. The van der Waals surface area contributed by atoms with Crippen LogP contribution in [-0.4, -0.2) is 10.9 Å². The molecule has 1 heterocycles. The molecule has 23 heavy (non-hydrogen) atoms. The summed E-state index contributed by atoms with van der Waals surface area (Å²) in [4.78, 5) is 16.2. The average Bonchev–Trinajstić information content (AvgIpc) is 2.57. The number of hydrogen-bond donors (Lipinski definition) is 1. The maximum Gasteiger partial charge on any atom is 0.249 e. The summed E-state index contributed by atoms with van der Waals surface area (Å²) in [6.45, 7) is 4.13. The molecular weight excluding hydrogens is 284 g/mol. The molecular formula is C20H18N2O. The first-order chi connectivity index (χ1) is 11.1. The Morgan fingerprint density at radius 1 is 0.870 bits per heavy atom. The third kappa shape index (κ3) is 2.73. The van der Waals surface area contributed by atoms with Gasteiger partial charge in [0.15, 0.2) is 0 Å². The summed E-state index contributed by atoms with van der Waals surface area (Å²) < 4.78 is 0. The first kappa shape index (κ1) is 15.0. The van der Waals surface area contributed by atoms with E-state index in [1.54, 1.807) is 12.4 Å². The molecule has 0 aliphatic heterocycles. The molecule has 114 valence electrons. The maximum atomic E-state index is 12.2. The van der Waals surface area contributed by atoms with E-state index < -0.39 is 5.91 Å². The minimum absolute atomic E-state index is 0.423. The molecule has 2 aromatic carbocycles. The van der Waals surface area contributed by atoms with Gasteiger partial charge in [0, 0.05) is 12.4 Å². The number of rotatable bonds is 3. The number of nitrogens with two attached hydrogens (primary N) is 1. The zero-order chi connectivity index (χ0) is 16.4. The van der Waals surface area contributed by atoms with E-state index in [1.165, 1.54) is 5.56 Å². The van der Waals surface area contributed by atoms with Crippen molar-refractivity contribution in [2.45, 2.75) is 13.8 Å². The highest BCUT2D eigenvalue weighted by Gasteiger charge is 2.17. The third-order valence-corrected chi connectivity index (χ3v) is 4.20. The lowest BCUT2D eigenvalue weighted by Crippen LogP contribution is -2.14. The molecule has 1 amide bonds. The smallest absolute Gasteiger partial charge is 0.249 e. The van der Waals surface area contributed by atoms with Crippen LogP contribution in [0.1, 0.15) is 21.5 Å². The Bertz CT molecular complexity index is 870. The van der Waals surface area contributed by atoms with Gasteiger partial charge in [-0.05, 0) is 59.4 Å². The highest BCUT2D eigenvalue weighted by Crippen LogP contribution is 2.34. The quantitative estimate of drug-likeness (QED) is 0.790. The van der Waals surface area contributed by atoms with Crippen LogP contribution < -0.4 is 5.73 Å². The van der Waals surface area contributed by atoms with Crippen LogP contribution in [0.25, 0.3) is 22.3 Å². The number of nitrogens with zero attached hydrogens (tertiary/aromatic N) is 1. The van der Waals surface area contributed by atoms with Crippen molar-refractivity contribution < 1.29 is 4.79 Å². The van der Waals surface area contributed by atoms with Crippen molar-refractivity contribution in [3.8, 4) is 22.3 Å². The van der Waals surface area contributed by atoms with Crippen molar-refractivity contribution in [3.63, 3.8) is 0 Å². The van der Waals surface area contributed by atoms with Crippen molar-refractivity contribution in [1.29, 1.82) is 0 Å². The highest BCUT2D eigenvalue weighted by atomic mass is 16.1. The van der Waals surface area contributed by atoms with Gasteiger partial charge < -0.3 is 5.73 Å². The van der Waals surface area contributed by atoms with E-state index in [9.17, 15) is 4.79 Å². The van der Waals surface area contributed by atoms with Gasteiger partial charge in [-0.15, -0.1) is 0 Å². The molecule has 3 nitrogen and oxygen atoms in total. The molecule has 0 bridgehead atoms. The number of primary amides is 1. The van der Waals surface area contributed by atoms with Gasteiger partial charge in [-0.2, -0.15) is 0 Å². The van der Waals surface area contributed by atoms with Gasteiger partial charge in [0.25, 0.3) is 0 Å². The monoisotopic (exact) mass is 302 g/mol. The van der Waals surface area contributed by atoms with E-state index in [1.807, 2.05) is 42.5 Å². The lowest BCUT2D eigenvalue weighted by atomic mass is 9.89. The number of pyridine rings is 1. The normalized spacial score (nSPS) is 10.5. The molecule has 0 spiro atoms. The second kappa shape index (κ2) is 6.05. The van der Waals surface area contributed by atoms with Crippen LogP contribution in [0.2, 0.25) is 0 Å². The summed E-state index contributed by atoms with van der Waals surface area (Å²) in [5.41, 5.74) is 12.3. The fourth-order valence-electron chi connectivity index (χ4n) is 2.86. The van der Waals surface area contributed by atoms with Gasteiger partial charge in [0.05, 0.1) is 5.56 Å². The Kier molecular flexibility index (Phi) is 3.94. The van der Waals surface area contributed by atoms with Crippen LogP contribution >= 0.6 is 0 Å². The Morgan fingerprint density at radius 2 is 1.48 bits per heavy atom. The summed E-state index contributed by atoms with van der Waals surface area (Å²) in [6, 6.07) is 15.7. The number of benzene rings is 2. The topological polar surface area (TPSA) is 56.0 Å². The van der Waals surface area contributed by atoms with Crippen molar-refractivity contribution >= 4 is 5.91 Å². The zero-order valence-electron chi connectivity index (χ0n) is 13.2. The zero-order valence-corrected chi connectivity index (χ0v) is 13.2. The summed E-state index contributed by atoms with van der Waals surface area (Å²) in [7, 11) is 0. The van der Waals surface area contributed by atoms with Crippen LogP contribution in [0.4, 0.5) is 0 Å². The summed E-state index contributed by atoms with van der Waals surface area (Å²) in [5, 5.41) is 0. The summed E-state index contributed by atoms with van der Waals surface area (Å²) >= 11 is 0. The molecule has 0 aliphatic carbocycles. The molecule has 0 unspecified atom stereocenters. The molecule has 3 rings (SSSR count). The molecule has 0 radical (unpaired) electrons. The second-order valence-electron chi connectivity index (χ2n) is 5.58. The van der Waals surface area contributed by atoms with Gasteiger partial charge in [-0.1, -0.05) is 36.4 Å². The molecule has 0 atom stereocenters. The molecule has 3 heteroatoms. The molecule has 2 N–H and O–H groups in total. The van der Waals surface area contributed by atoms with Crippen LogP contribution in [0, 0.1) is 13.8 Å². The first-order valence-electron chi connectivity index (χ1n) is 7.49. The van der Waals surface area contributed by atoms with E-state index in [0.717, 1.165) is 27.8 Å². The number of hydrogen-bond acceptors (Lipinski definition) is 2. The molecule has 0 aliphatic rings. The first-order valence-corrected chi connectivity index (χ1v) is 7.49. The van der Waals surface area contributed by atoms with Crippen LogP contribution in [0.3, 0.4) is 0 Å².